The topological polar surface area (TPSA) is 21.7 Å². The van der Waals surface area contributed by atoms with E-state index in [2.05, 4.69) is 18.7 Å². The van der Waals surface area contributed by atoms with E-state index < -0.39 is 0 Å². The maximum absolute atomic E-state index is 5.64. The van der Waals surface area contributed by atoms with Gasteiger partial charge in [0.05, 0.1) is 24.9 Å². The van der Waals surface area contributed by atoms with Gasteiger partial charge >= 0.3 is 0 Å². The number of rotatable bonds is 2. The average molecular weight is 173 g/mol. The minimum absolute atomic E-state index is 0.0944. The van der Waals surface area contributed by atoms with E-state index in [4.69, 9.17) is 9.47 Å². The van der Waals surface area contributed by atoms with E-state index in [9.17, 15) is 0 Å². The summed E-state index contributed by atoms with van der Waals surface area (Å²) in [6, 6.07) is 0. The Labute approximate surface area is 74.6 Å². The van der Waals surface area contributed by atoms with E-state index in [1.165, 1.54) is 0 Å². The fourth-order valence-corrected chi connectivity index (χ4v) is 1.24. The highest BCUT2D eigenvalue weighted by Gasteiger charge is 2.28. The van der Waals surface area contributed by atoms with Crippen molar-refractivity contribution in [1.29, 1.82) is 0 Å². The van der Waals surface area contributed by atoms with Gasteiger partial charge in [-0.05, 0) is 27.9 Å². The molecule has 1 aliphatic rings. The van der Waals surface area contributed by atoms with Crippen LogP contribution in [-0.2, 0) is 9.47 Å². The molecule has 1 heterocycles. The maximum Gasteiger partial charge on any atom is 0.0936 e. The summed E-state index contributed by atoms with van der Waals surface area (Å²) in [5.41, 5.74) is -0.0944. The molecule has 0 bridgehead atoms. The lowest BCUT2D eigenvalue weighted by Gasteiger charge is -2.35. The summed E-state index contributed by atoms with van der Waals surface area (Å²) in [6.07, 6.45) is 0.244. The molecule has 1 unspecified atom stereocenters. The lowest BCUT2D eigenvalue weighted by molar-refractivity contribution is -0.177. The molecule has 0 aromatic carbocycles. The zero-order valence-corrected chi connectivity index (χ0v) is 8.46. The Hall–Kier alpha value is -0.120. The first kappa shape index (κ1) is 9.96. The van der Waals surface area contributed by atoms with Crippen molar-refractivity contribution in [2.24, 2.45) is 0 Å². The summed E-state index contributed by atoms with van der Waals surface area (Å²) in [6.45, 7) is 6.46. The molecule has 1 fully saturated rings. The second-order valence-electron chi connectivity index (χ2n) is 4.27. The van der Waals surface area contributed by atoms with E-state index in [0.717, 1.165) is 6.54 Å². The Bertz CT molecular complexity index is 135. The molecule has 0 aromatic heterocycles. The average Bonchev–Trinajstić information content (AvgIpc) is 1.93. The predicted molar refractivity (Wildman–Crippen MR) is 48.3 cm³/mol. The van der Waals surface area contributed by atoms with Gasteiger partial charge in [0.15, 0.2) is 0 Å². The van der Waals surface area contributed by atoms with Crippen LogP contribution in [0.3, 0.4) is 0 Å². The fraction of sp³-hybridized carbons (Fsp3) is 1.00. The van der Waals surface area contributed by atoms with Crippen LogP contribution in [0.1, 0.15) is 13.8 Å². The smallest absolute Gasteiger partial charge is 0.0936 e. The van der Waals surface area contributed by atoms with Crippen molar-refractivity contribution in [3.8, 4) is 0 Å². The molecular weight excluding hydrogens is 154 g/mol. The Morgan fingerprint density at radius 1 is 1.42 bits per heavy atom. The molecule has 0 N–H and O–H groups in total. The van der Waals surface area contributed by atoms with Crippen LogP contribution in [-0.4, -0.2) is 50.5 Å². The minimum atomic E-state index is -0.0944. The number of hydrogen-bond acceptors (Lipinski definition) is 3. The quantitative estimate of drug-likeness (QED) is 0.615. The monoisotopic (exact) mass is 173 g/mol. The van der Waals surface area contributed by atoms with Crippen molar-refractivity contribution in [2.75, 3.05) is 33.9 Å². The molecule has 0 spiro atoms. The SMILES string of the molecule is CN(C)CC1COC(C)(C)CO1. The number of hydrogen-bond donors (Lipinski definition) is 0. The summed E-state index contributed by atoms with van der Waals surface area (Å²) in [5.74, 6) is 0. The second kappa shape index (κ2) is 3.73. The fourth-order valence-electron chi connectivity index (χ4n) is 1.24. The highest BCUT2D eigenvalue weighted by atomic mass is 16.6. The zero-order valence-electron chi connectivity index (χ0n) is 8.46. The van der Waals surface area contributed by atoms with Crippen LogP contribution in [0, 0.1) is 0 Å². The van der Waals surface area contributed by atoms with E-state index in [1.54, 1.807) is 0 Å². The molecule has 12 heavy (non-hydrogen) atoms. The Balaban J connectivity index is 2.27. The molecule has 0 radical (unpaired) electrons. The first-order chi connectivity index (χ1) is 5.49. The van der Waals surface area contributed by atoms with Crippen molar-refractivity contribution >= 4 is 0 Å². The van der Waals surface area contributed by atoms with Gasteiger partial charge in [-0.1, -0.05) is 0 Å². The highest BCUT2D eigenvalue weighted by molar-refractivity contribution is 4.75. The van der Waals surface area contributed by atoms with Gasteiger partial charge in [-0.25, -0.2) is 0 Å². The third kappa shape index (κ3) is 3.09. The summed E-state index contributed by atoms with van der Waals surface area (Å²) < 4.78 is 11.3. The molecule has 1 saturated heterocycles. The van der Waals surface area contributed by atoms with Gasteiger partial charge in [-0.3, -0.25) is 0 Å². The molecule has 0 amide bonds. The molecule has 1 aliphatic heterocycles. The van der Waals surface area contributed by atoms with Gasteiger partial charge in [-0.15, -0.1) is 0 Å². The predicted octanol–water partition coefficient (Wildman–Crippen LogP) is 0.742. The van der Waals surface area contributed by atoms with Crippen molar-refractivity contribution in [1.82, 2.24) is 4.90 Å². The zero-order chi connectivity index (χ0) is 9.19. The van der Waals surface area contributed by atoms with Crippen LogP contribution < -0.4 is 0 Å². The first-order valence-electron chi connectivity index (χ1n) is 4.40. The third-order valence-corrected chi connectivity index (χ3v) is 1.90. The largest absolute Gasteiger partial charge is 0.372 e. The van der Waals surface area contributed by atoms with Gasteiger partial charge in [0.25, 0.3) is 0 Å². The van der Waals surface area contributed by atoms with Crippen LogP contribution >= 0.6 is 0 Å². The molecule has 0 saturated carbocycles. The van der Waals surface area contributed by atoms with Crippen molar-refractivity contribution in [2.45, 2.75) is 25.6 Å². The van der Waals surface area contributed by atoms with Crippen molar-refractivity contribution in [3.63, 3.8) is 0 Å². The molecule has 0 aromatic rings. The van der Waals surface area contributed by atoms with Gasteiger partial charge < -0.3 is 14.4 Å². The van der Waals surface area contributed by atoms with Gasteiger partial charge in [0, 0.05) is 6.54 Å². The van der Waals surface area contributed by atoms with Crippen LogP contribution in [0.2, 0.25) is 0 Å². The van der Waals surface area contributed by atoms with Crippen molar-refractivity contribution < 1.29 is 9.47 Å². The molecule has 1 rings (SSSR count). The lowest BCUT2D eigenvalue weighted by Crippen LogP contribution is -2.45. The summed E-state index contributed by atoms with van der Waals surface area (Å²) >= 11 is 0. The normalized spacial score (nSPS) is 29.2. The van der Waals surface area contributed by atoms with E-state index in [-0.39, 0.29) is 11.7 Å². The molecule has 3 nitrogen and oxygen atoms in total. The van der Waals surface area contributed by atoms with Gasteiger partial charge in [0.1, 0.15) is 0 Å². The lowest BCUT2D eigenvalue weighted by atomic mass is 10.1. The van der Waals surface area contributed by atoms with Crippen molar-refractivity contribution in [3.05, 3.63) is 0 Å². The number of ether oxygens (including phenoxy) is 2. The molecule has 1 atom stereocenters. The summed E-state index contributed by atoms with van der Waals surface area (Å²) in [7, 11) is 4.09. The van der Waals surface area contributed by atoms with Crippen LogP contribution in [0.25, 0.3) is 0 Å². The van der Waals surface area contributed by atoms with Gasteiger partial charge in [0.2, 0.25) is 0 Å². The van der Waals surface area contributed by atoms with Crippen LogP contribution in [0.5, 0.6) is 0 Å². The van der Waals surface area contributed by atoms with E-state index >= 15 is 0 Å². The first-order valence-corrected chi connectivity index (χ1v) is 4.40. The second-order valence-corrected chi connectivity index (χ2v) is 4.27. The van der Waals surface area contributed by atoms with E-state index in [0.29, 0.717) is 13.2 Å². The van der Waals surface area contributed by atoms with Crippen LogP contribution in [0.15, 0.2) is 0 Å². The molecule has 72 valence electrons. The molecule has 0 aliphatic carbocycles. The van der Waals surface area contributed by atoms with Gasteiger partial charge in [-0.2, -0.15) is 0 Å². The van der Waals surface area contributed by atoms with E-state index in [1.807, 2.05) is 14.1 Å². The Morgan fingerprint density at radius 2 is 2.08 bits per heavy atom. The number of nitrogens with zero attached hydrogens (tertiary/aromatic N) is 1. The molecule has 3 heteroatoms. The highest BCUT2D eigenvalue weighted by Crippen LogP contribution is 2.17. The van der Waals surface area contributed by atoms with Crippen LogP contribution in [0.4, 0.5) is 0 Å². The summed E-state index contributed by atoms with van der Waals surface area (Å²) in [4.78, 5) is 2.12. The minimum Gasteiger partial charge on any atom is -0.372 e. The Morgan fingerprint density at radius 3 is 2.50 bits per heavy atom. The molecular formula is C9H19NO2. The number of likely N-dealkylation sites (N-methyl/N-ethyl adjacent to an activating group) is 1. The standard InChI is InChI=1S/C9H19NO2/c1-9(2)7-11-8(6-12-9)5-10(3)4/h8H,5-7H2,1-4H3. The Kier molecular flexibility index (Phi) is 3.09. The maximum atomic E-state index is 5.64. The summed E-state index contributed by atoms with van der Waals surface area (Å²) in [5, 5.41) is 0. The third-order valence-electron chi connectivity index (χ3n) is 1.90.